The number of anilines is 1. The first kappa shape index (κ1) is 22.3. The van der Waals surface area contributed by atoms with E-state index in [0.717, 1.165) is 21.8 Å². The number of thiazole rings is 1. The number of aromatic nitrogens is 1. The van der Waals surface area contributed by atoms with Crippen LogP contribution >= 0.6 is 34.5 Å². The number of hydrogen-bond donors (Lipinski definition) is 1. The lowest BCUT2D eigenvalue weighted by molar-refractivity contribution is -0.128. The zero-order valence-electron chi connectivity index (χ0n) is 17.4. The molecule has 3 aromatic carbocycles. The van der Waals surface area contributed by atoms with E-state index in [2.05, 4.69) is 5.32 Å². The summed E-state index contributed by atoms with van der Waals surface area (Å²) in [4.78, 5) is 17.6. The molecule has 0 aliphatic rings. The summed E-state index contributed by atoms with van der Waals surface area (Å²) in [7, 11) is 0. The van der Waals surface area contributed by atoms with Gasteiger partial charge in [-0.1, -0.05) is 47.5 Å². The molecule has 0 atom stereocenters. The van der Waals surface area contributed by atoms with Gasteiger partial charge >= 0.3 is 0 Å². The van der Waals surface area contributed by atoms with Crippen molar-refractivity contribution in [1.29, 1.82) is 0 Å². The molecule has 4 rings (SSSR count). The molecule has 0 radical (unpaired) electrons. The summed E-state index contributed by atoms with van der Waals surface area (Å²) in [6.45, 7) is 3.44. The smallest absolute Gasteiger partial charge is 0.267 e. The maximum Gasteiger partial charge on any atom is 0.267 e. The molecule has 0 fully saturated rings. The van der Waals surface area contributed by atoms with E-state index in [1.807, 2.05) is 53.9 Å². The highest BCUT2D eigenvalue weighted by Crippen LogP contribution is 2.31. The van der Waals surface area contributed by atoms with Crippen LogP contribution in [0.25, 0.3) is 21.8 Å². The Labute approximate surface area is 200 Å². The van der Waals surface area contributed by atoms with Crippen LogP contribution in [-0.4, -0.2) is 16.5 Å². The highest BCUT2D eigenvalue weighted by Gasteiger charge is 2.30. The van der Waals surface area contributed by atoms with Crippen LogP contribution in [0.3, 0.4) is 0 Å². The second-order valence-corrected chi connectivity index (χ2v) is 9.38. The molecule has 1 amide bonds. The number of hydrogen-bond acceptors (Lipinski definition) is 4. The normalized spacial score (nSPS) is 11.2. The van der Waals surface area contributed by atoms with Crippen LogP contribution in [0.5, 0.6) is 5.75 Å². The Bertz CT molecular complexity index is 1240. The van der Waals surface area contributed by atoms with Crippen molar-refractivity contribution in [3.05, 3.63) is 88.2 Å². The predicted octanol–water partition coefficient (Wildman–Crippen LogP) is 7.58. The average molecular weight is 483 g/mol. The van der Waals surface area contributed by atoms with Crippen LogP contribution in [0.2, 0.25) is 10.0 Å². The van der Waals surface area contributed by atoms with E-state index in [-0.39, 0.29) is 5.91 Å². The molecular formula is C25H20Cl2N2O2S. The van der Waals surface area contributed by atoms with Crippen LogP contribution in [0.1, 0.15) is 13.8 Å². The Balaban J connectivity index is 1.48. The van der Waals surface area contributed by atoms with Gasteiger partial charge < -0.3 is 10.1 Å². The second-order valence-electron chi connectivity index (χ2n) is 7.65. The fourth-order valence-corrected chi connectivity index (χ4v) is 4.10. The summed E-state index contributed by atoms with van der Waals surface area (Å²) in [6, 6.07) is 22.1. The first-order chi connectivity index (χ1) is 15.3. The number of nitrogens with one attached hydrogen (secondary N) is 1. The minimum atomic E-state index is -1.08. The fourth-order valence-electron chi connectivity index (χ4n) is 3.01. The van der Waals surface area contributed by atoms with Crippen LogP contribution in [0, 0.1) is 0 Å². The van der Waals surface area contributed by atoms with E-state index in [0.29, 0.717) is 21.5 Å². The minimum Gasteiger partial charge on any atom is -0.478 e. The van der Waals surface area contributed by atoms with Crippen molar-refractivity contribution in [1.82, 2.24) is 4.98 Å². The number of amides is 1. The van der Waals surface area contributed by atoms with Crippen LogP contribution < -0.4 is 10.1 Å². The summed E-state index contributed by atoms with van der Waals surface area (Å²) in [5.41, 5.74) is 2.35. The van der Waals surface area contributed by atoms with Crippen molar-refractivity contribution in [3.8, 4) is 27.6 Å². The van der Waals surface area contributed by atoms with Gasteiger partial charge in [0.25, 0.3) is 5.91 Å². The van der Waals surface area contributed by atoms with Crippen molar-refractivity contribution in [2.24, 2.45) is 0 Å². The number of carbonyl (C=O) groups excluding carboxylic acids is 1. The molecule has 1 N–H and O–H groups in total. The second kappa shape index (κ2) is 9.33. The summed E-state index contributed by atoms with van der Waals surface area (Å²) >= 11 is 13.5. The lowest BCUT2D eigenvalue weighted by atomic mass is 10.1. The van der Waals surface area contributed by atoms with Gasteiger partial charge in [0.05, 0.1) is 5.69 Å². The molecule has 0 unspecified atom stereocenters. The zero-order chi connectivity index (χ0) is 22.7. The van der Waals surface area contributed by atoms with Crippen molar-refractivity contribution in [2.75, 3.05) is 5.32 Å². The topological polar surface area (TPSA) is 51.2 Å². The molecule has 0 spiro atoms. The Morgan fingerprint density at radius 2 is 1.59 bits per heavy atom. The fraction of sp³-hybridized carbons (Fsp3) is 0.120. The molecule has 4 aromatic rings. The number of carbonyl (C=O) groups is 1. The standard InChI is InChI=1S/C25H20Cl2N2O2S/c1-25(2,31-21-12-10-19(27)11-13-21)24(30)28-20-5-3-4-17(14-20)22-15-32-23(29-22)16-6-8-18(26)9-7-16/h3-15H,1-2H3,(H,28,30). The van der Waals surface area contributed by atoms with Crippen LogP contribution in [0.15, 0.2) is 78.2 Å². The highest BCUT2D eigenvalue weighted by molar-refractivity contribution is 7.13. The van der Waals surface area contributed by atoms with Crippen LogP contribution in [-0.2, 0) is 4.79 Å². The number of halogens is 2. The van der Waals surface area contributed by atoms with E-state index in [1.54, 1.807) is 49.4 Å². The van der Waals surface area contributed by atoms with Crippen molar-refractivity contribution in [2.45, 2.75) is 19.4 Å². The monoisotopic (exact) mass is 482 g/mol. The highest BCUT2D eigenvalue weighted by atomic mass is 35.5. The van der Waals surface area contributed by atoms with Gasteiger partial charge in [0.2, 0.25) is 0 Å². The Hall–Kier alpha value is -2.86. The molecule has 1 aromatic heterocycles. The van der Waals surface area contributed by atoms with Crippen molar-refractivity contribution in [3.63, 3.8) is 0 Å². The van der Waals surface area contributed by atoms with Crippen molar-refractivity contribution >= 4 is 46.1 Å². The molecular weight excluding hydrogens is 463 g/mol. The Kier molecular flexibility index (Phi) is 6.51. The van der Waals surface area contributed by atoms with Gasteiger partial charge in [0.15, 0.2) is 5.60 Å². The van der Waals surface area contributed by atoms with Gasteiger partial charge in [-0.05, 0) is 62.4 Å². The van der Waals surface area contributed by atoms with Crippen LogP contribution in [0.4, 0.5) is 5.69 Å². The van der Waals surface area contributed by atoms with E-state index < -0.39 is 5.60 Å². The lowest BCUT2D eigenvalue weighted by Crippen LogP contribution is -2.42. The van der Waals surface area contributed by atoms with Gasteiger partial charge in [-0.25, -0.2) is 4.98 Å². The Morgan fingerprint density at radius 3 is 2.28 bits per heavy atom. The minimum absolute atomic E-state index is 0.260. The molecule has 1 heterocycles. The molecule has 7 heteroatoms. The zero-order valence-corrected chi connectivity index (χ0v) is 19.8. The summed E-state index contributed by atoms with van der Waals surface area (Å²) < 4.78 is 5.88. The van der Waals surface area contributed by atoms with E-state index in [4.69, 9.17) is 32.9 Å². The number of benzene rings is 3. The van der Waals surface area contributed by atoms with Crippen molar-refractivity contribution < 1.29 is 9.53 Å². The van der Waals surface area contributed by atoms with Gasteiger partial charge in [-0.3, -0.25) is 4.79 Å². The molecule has 0 aliphatic carbocycles. The van der Waals surface area contributed by atoms with E-state index in [9.17, 15) is 4.79 Å². The number of nitrogens with zero attached hydrogens (tertiary/aromatic N) is 1. The number of ether oxygens (including phenoxy) is 1. The predicted molar refractivity (Wildman–Crippen MR) is 133 cm³/mol. The third kappa shape index (κ3) is 5.30. The average Bonchev–Trinajstić information content (AvgIpc) is 3.26. The Morgan fingerprint density at radius 1 is 0.938 bits per heavy atom. The summed E-state index contributed by atoms with van der Waals surface area (Å²) in [6.07, 6.45) is 0. The molecule has 0 bridgehead atoms. The SMILES string of the molecule is CC(C)(Oc1ccc(Cl)cc1)C(=O)Nc1cccc(-c2csc(-c3ccc(Cl)cc3)n2)c1. The molecule has 162 valence electrons. The summed E-state index contributed by atoms with van der Waals surface area (Å²) in [5.74, 6) is 0.310. The molecule has 0 aliphatic heterocycles. The molecule has 4 nitrogen and oxygen atoms in total. The van der Waals surface area contributed by atoms with Gasteiger partial charge in [0.1, 0.15) is 10.8 Å². The largest absolute Gasteiger partial charge is 0.478 e. The van der Waals surface area contributed by atoms with Gasteiger partial charge in [-0.15, -0.1) is 11.3 Å². The first-order valence-electron chi connectivity index (χ1n) is 9.88. The van der Waals surface area contributed by atoms with E-state index >= 15 is 0 Å². The van der Waals surface area contributed by atoms with Gasteiger partial charge in [-0.2, -0.15) is 0 Å². The molecule has 0 saturated carbocycles. The maximum atomic E-state index is 12.9. The first-order valence-corrected chi connectivity index (χ1v) is 11.5. The lowest BCUT2D eigenvalue weighted by Gasteiger charge is -2.25. The van der Waals surface area contributed by atoms with E-state index in [1.165, 1.54) is 0 Å². The third-order valence-corrected chi connectivity index (χ3v) is 6.14. The van der Waals surface area contributed by atoms with Gasteiger partial charge in [0, 0.05) is 32.2 Å². The number of rotatable bonds is 6. The molecule has 32 heavy (non-hydrogen) atoms. The maximum absolute atomic E-state index is 12.9. The third-order valence-electron chi connectivity index (χ3n) is 4.75. The summed E-state index contributed by atoms with van der Waals surface area (Å²) in [5, 5.41) is 7.14. The quantitative estimate of drug-likeness (QED) is 0.308. The molecule has 0 saturated heterocycles.